The van der Waals surface area contributed by atoms with Gasteiger partial charge < -0.3 is 15.0 Å². The van der Waals surface area contributed by atoms with Gasteiger partial charge in [0.05, 0.1) is 0 Å². The number of methoxy groups -OCH3 is 1. The fraction of sp³-hybridized carbons (Fsp3) is 0.917. The summed E-state index contributed by atoms with van der Waals surface area (Å²) in [5, 5.41) is 3.59. The van der Waals surface area contributed by atoms with Crippen molar-refractivity contribution < 1.29 is 9.53 Å². The highest BCUT2D eigenvalue weighted by Crippen LogP contribution is 2.20. The van der Waals surface area contributed by atoms with Gasteiger partial charge >= 0.3 is 6.03 Å². The van der Waals surface area contributed by atoms with E-state index in [4.69, 9.17) is 4.74 Å². The zero-order chi connectivity index (χ0) is 12.5. The van der Waals surface area contributed by atoms with Gasteiger partial charge in [0.2, 0.25) is 0 Å². The number of ether oxygens (including phenoxy) is 1. The summed E-state index contributed by atoms with van der Waals surface area (Å²) in [5.41, 5.74) is 0. The van der Waals surface area contributed by atoms with Crippen LogP contribution in [-0.2, 0) is 4.74 Å². The average molecular weight is 260 g/mol. The van der Waals surface area contributed by atoms with Crippen LogP contribution in [0.1, 0.15) is 26.2 Å². The highest BCUT2D eigenvalue weighted by Gasteiger charge is 2.22. The number of nitrogens with one attached hydrogen (secondary N) is 1. The van der Waals surface area contributed by atoms with Crippen LogP contribution in [0.2, 0.25) is 0 Å². The van der Waals surface area contributed by atoms with Crippen LogP contribution in [0.15, 0.2) is 0 Å². The predicted octanol–water partition coefficient (Wildman–Crippen LogP) is 1.95. The minimum absolute atomic E-state index is 0.0983. The van der Waals surface area contributed by atoms with Gasteiger partial charge in [0, 0.05) is 44.4 Å². The summed E-state index contributed by atoms with van der Waals surface area (Å²) < 4.78 is 4.97. The molecule has 1 atom stereocenters. The second-order valence-electron chi connectivity index (χ2n) is 4.28. The number of nitrogens with zero attached hydrogens (tertiary/aromatic N) is 1. The Hall–Kier alpha value is -0.420. The standard InChI is InChI=1S/C12H24N2O2S/c1-3-11-10-14(7-9-17-11)12(15)13-6-4-5-8-16-2/h11H,3-10H2,1-2H3,(H,13,15)/t11-/m1/s1. The maximum atomic E-state index is 11.9. The van der Waals surface area contributed by atoms with Crippen molar-refractivity contribution in [1.82, 2.24) is 10.2 Å². The van der Waals surface area contributed by atoms with Crippen molar-refractivity contribution in [2.45, 2.75) is 31.4 Å². The Morgan fingerprint density at radius 2 is 2.35 bits per heavy atom. The summed E-state index contributed by atoms with van der Waals surface area (Å²) in [7, 11) is 1.70. The Labute approximate surface area is 108 Å². The van der Waals surface area contributed by atoms with Crippen molar-refractivity contribution in [2.24, 2.45) is 0 Å². The Kier molecular flexibility index (Phi) is 7.44. The van der Waals surface area contributed by atoms with E-state index in [2.05, 4.69) is 12.2 Å². The van der Waals surface area contributed by atoms with Gasteiger partial charge in [-0.3, -0.25) is 0 Å². The molecule has 0 aromatic rings. The number of amides is 2. The summed E-state index contributed by atoms with van der Waals surface area (Å²) in [6, 6.07) is 0.0983. The second kappa shape index (κ2) is 8.64. The summed E-state index contributed by atoms with van der Waals surface area (Å²) in [6.45, 7) is 5.48. The second-order valence-corrected chi connectivity index (χ2v) is 5.69. The van der Waals surface area contributed by atoms with Crippen LogP contribution in [0, 0.1) is 0 Å². The van der Waals surface area contributed by atoms with Gasteiger partial charge in [0.15, 0.2) is 0 Å². The summed E-state index contributed by atoms with van der Waals surface area (Å²) in [5.74, 6) is 1.07. The molecule has 0 bridgehead atoms. The molecule has 0 aromatic heterocycles. The number of unbranched alkanes of at least 4 members (excludes halogenated alkanes) is 1. The summed E-state index contributed by atoms with van der Waals surface area (Å²) in [4.78, 5) is 13.8. The smallest absolute Gasteiger partial charge is 0.317 e. The molecule has 0 radical (unpaired) electrons. The molecule has 17 heavy (non-hydrogen) atoms. The first-order valence-electron chi connectivity index (χ1n) is 6.41. The first-order valence-corrected chi connectivity index (χ1v) is 7.46. The topological polar surface area (TPSA) is 41.6 Å². The Morgan fingerprint density at radius 1 is 1.53 bits per heavy atom. The van der Waals surface area contributed by atoms with Crippen LogP contribution < -0.4 is 5.32 Å². The van der Waals surface area contributed by atoms with E-state index in [0.717, 1.165) is 51.3 Å². The number of urea groups is 1. The fourth-order valence-corrected chi connectivity index (χ4v) is 3.01. The molecule has 5 heteroatoms. The molecule has 0 spiro atoms. The molecule has 0 aromatic carbocycles. The van der Waals surface area contributed by atoms with Gasteiger partial charge in [-0.1, -0.05) is 6.92 Å². The molecule has 4 nitrogen and oxygen atoms in total. The van der Waals surface area contributed by atoms with Gasteiger partial charge in [-0.25, -0.2) is 4.79 Å². The lowest BCUT2D eigenvalue weighted by atomic mass is 10.3. The Morgan fingerprint density at radius 3 is 3.06 bits per heavy atom. The molecule has 1 rings (SSSR count). The minimum atomic E-state index is 0.0983. The Bertz CT molecular complexity index is 227. The van der Waals surface area contributed by atoms with Gasteiger partial charge in [0.1, 0.15) is 0 Å². The molecule has 100 valence electrons. The third-order valence-electron chi connectivity index (χ3n) is 2.93. The summed E-state index contributed by atoms with van der Waals surface area (Å²) >= 11 is 1.98. The van der Waals surface area contributed by atoms with E-state index in [9.17, 15) is 4.79 Å². The average Bonchev–Trinajstić information content (AvgIpc) is 2.38. The number of thioether (sulfide) groups is 1. The largest absolute Gasteiger partial charge is 0.385 e. The van der Waals surface area contributed by atoms with Crippen molar-refractivity contribution in [3.63, 3.8) is 0 Å². The highest BCUT2D eigenvalue weighted by atomic mass is 32.2. The molecule has 1 N–H and O–H groups in total. The molecule has 1 fully saturated rings. The normalized spacial score (nSPS) is 20.4. The van der Waals surface area contributed by atoms with Crippen LogP contribution in [0.25, 0.3) is 0 Å². The number of carbonyl (C=O) groups excluding carboxylic acids is 1. The Balaban J connectivity index is 2.14. The van der Waals surface area contributed by atoms with E-state index in [0.29, 0.717) is 5.25 Å². The van der Waals surface area contributed by atoms with Crippen molar-refractivity contribution in [2.75, 3.05) is 39.1 Å². The highest BCUT2D eigenvalue weighted by molar-refractivity contribution is 8.00. The van der Waals surface area contributed by atoms with Crippen LogP contribution >= 0.6 is 11.8 Å². The lowest BCUT2D eigenvalue weighted by Gasteiger charge is -2.31. The number of carbonyl (C=O) groups is 1. The molecule has 1 saturated heterocycles. The monoisotopic (exact) mass is 260 g/mol. The van der Waals surface area contributed by atoms with E-state index >= 15 is 0 Å². The number of hydrogen-bond acceptors (Lipinski definition) is 3. The molecule has 0 aliphatic carbocycles. The molecule has 1 heterocycles. The van der Waals surface area contributed by atoms with Crippen molar-refractivity contribution in [3.05, 3.63) is 0 Å². The zero-order valence-corrected chi connectivity index (χ0v) is 11.7. The van der Waals surface area contributed by atoms with Crippen molar-refractivity contribution in [1.29, 1.82) is 0 Å². The van der Waals surface area contributed by atoms with E-state index in [1.165, 1.54) is 0 Å². The third kappa shape index (κ3) is 5.64. The van der Waals surface area contributed by atoms with E-state index in [1.54, 1.807) is 7.11 Å². The lowest BCUT2D eigenvalue weighted by Crippen LogP contribution is -2.47. The van der Waals surface area contributed by atoms with E-state index < -0.39 is 0 Å². The van der Waals surface area contributed by atoms with E-state index in [-0.39, 0.29) is 6.03 Å². The van der Waals surface area contributed by atoms with Gasteiger partial charge in [-0.2, -0.15) is 11.8 Å². The SMILES string of the molecule is CC[C@@H]1CN(C(=O)NCCCCOC)CCS1. The van der Waals surface area contributed by atoms with Crippen LogP contribution in [0.3, 0.4) is 0 Å². The van der Waals surface area contributed by atoms with Crippen LogP contribution in [0.4, 0.5) is 4.79 Å². The predicted molar refractivity (Wildman–Crippen MR) is 72.6 cm³/mol. The molecule has 1 aliphatic rings. The molecular formula is C12H24N2O2S. The molecule has 1 aliphatic heterocycles. The minimum Gasteiger partial charge on any atom is -0.385 e. The fourth-order valence-electron chi connectivity index (χ4n) is 1.83. The van der Waals surface area contributed by atoms with Crippen molar-refractivity contribution in [3.8, 4) is 0 Å². The third-order valence-corrected chi connectivity index (χ3v) is 4.30. The maximum absolute atomic E-state index is 11.9. The quantitative estimate of drug-likeness (QED) is 0.742. The van der Waals surface area contributed by atoms with E-state index in [1.807, 2.05) is 16.7 Å². The van der Waals surface area contributed by atoms with Crippen molar-refractivity contribution >= 4 is 17.8 Å². The molecule has 2 amide bonds. The maximum Gasteiger partial charge on any atom is 0.317 e. The molecule has 0 saturated carbocycles. The zero-order valence-electron chi connectivity index (χ0n) is 10.9. The molecular weight excluding hydrogens is 236 g/mol. The van der Waals surface area contributed by atoms with Crippen LogP contribution in [0.5, 0.6) is 0 Å². The number of rotatable bonds is 6. The first kappa shape index (κ1) is 14.6. The van der Waals surface area contributed by atoms with Gasteiger partial charge in [0.25, 0.3) is 0 Å². The lowest BCUT2D eigenvalue weighted by molar-refractivity contribution is 0.188. The molecule has 0 unspecified atom stereocenters. The van der Waals surface area contributed by atoms with Gasteiger partial charge in [-0.15, -0.1) is 0 Å². The number of hydrogen-bond donors (Lipinski definition) is 1. The summed E-state index contributed by atoms with van der Waals surface area (Å²) in [6.07, 6.45) is 3.13. The van der Waals surface area contributed by atoms with Gasteiger partial charge in [-0.05, 0) is 19.3 Å². The van der Waals surface area contributed by atoms with Crippen LogP contribution in [-0.4, -0.2) is 55.3 Å². The first-order chi connectivity index (χ1) is 8.27.